The molecule has 0 aliphatic rings. The first-order valence-corrected chi connectivity index (χ1v) is 5.74. The molecule has 0 radical (unpaired) electrons. The van der Waals surface area contributed by atoms with Crippen molar-refractivity contribution in [2.75, 3.05) is 7.11 Å². The van der Waals surface area contributed by atoms with Gasteiger partial charge in [0.2, 0.25) is 0 Å². The van der Waals surface area contributed by atoms with Crippen molar-refractivity contribution in [2.24, 2.45) is 0 Å². The number of aromatic amines is 1. The van der Waals surface area contributed by atoms with E-state index in [0.29, 0.717) is 11.4 Å². The van der Waals surface area contributed by atoms with Crippen LogP contribution in [0, 0.1) is 5.82 Å². The molecule has 0 saturated heterocycles. The van der Waals surface area contributed by atoms with Gasteiger partial charge >= 0.3 is 0 Å². The van der Waals surface area contributed by atoms with Gasteiger partial charge in [-0.2, -0.15) is 0 Å². The van der Waals surface area contributed by atoms with Crippen LogP contribution in [0.25, 0.3) is 10.9 Å². The first kappa shape index (κ1) is 12.6. The van der Waals surface area contributed by atoms with E-state index in [1.54, 1.807) is 0 Å². The summed E-state index contributed by atoms with van der Waals surface area (Å²) in [6.45, 7) is 5.88. The first-order valence-electron chi connectivity index (χ1n) is 5.74. The Morgan fingerprint density at radius 2 is 1.94 bits per heavy atom. The second-order valence-electron chi connectivity index (χ2n) is 5.30. The molecule has 0 atom stereocenters. The third-order valence-corrected chi connectivity index (χ3v) is 2.93. The standard InChI is InChI=1S/C14H16FNO2/c1-14(2,3)11-7-9(17)12-10(18-4)6-5-8(15)13(12)16-11/h5-7H,1-4H3,(H,16,17). The van der Waals surface area contributed by atoms with Gasteiger partial charge in [-0.05, 0) is 12.1 Å². The molecule has 3 nitrogen and oxygen atoms in total. The highest BCUT2D eigenvalue weighted by Gasteiger charge is 2.19. The molecule has 2 aromatic rings. The van der Waals surface area contributed by atoms with Gasteiger partial charge in [-0.1, -0.05) is 20.8 Å². The molecular formula is C14H16FNO2. The van der Waals surface area contributed by atoms with E-state index in [2.05, 4.69) is 4.98 Å². The van der Waals surface area contributed by atoms with E-state index < -0.39 is 5.82 Å². The average molecular weight is 249 g/mol. The third kappa shape index (κ3) is 1.98. The lowest BCUT2D eigenvalue weighted by atomic mass is 9.91. The molecular weight excluding hydrogens is 233 g/mol. The molecule has 0 bridgehead atoms. The molecule has 0 fully saturated rings. The Balaban J connectivity index is 2.90. The second kappa shape index (κ2) is 4.12. The van der Waals surface area contributed by atoms with Gasteiger partial charge in [0.05, 0.1) is 18.0 Å². The van der Waals surface area contributed by atoms with E-state index in [9.17, 15) is 9.18 Å². The molecule has 0 saturated carbocycles. The predicted molar refractivity (Wildman–Crippen MR) is 69.8 cm³/mol. The van der Waals surface area contributed by atoms with E-state index in [-0.39, 0.29) is 21.7 Å². The Bertz CT molecular complexity index is 653. The van der Waals surface area contributed by atoms with Crippen LogP contribution in [0.3, 0.4) is 0 Å². The van der Waals surface area contributed by atoms with Gasteiger partial charge in [0.1, 0.15) is 11.6 Å². The Morgan fingerprint density at radius 1 is 1.28 bits per heavy atom. The van der Waals surface area contributed by atoms with Gasteiger partial charge in [-0.25, -0.2) is 4.39 Å². The van der Waals surface area contributed by atoms with Crippen molar-refractivity contribution in [3.63, 3.8) is 0 Å². The minimum Gasteiger partial charge on any atom is -0.496 e. The van der Waals surface area contributed by atoms with Crippen LogP contribution < -0.4 is 10.2 Å². The molecule has 2 rings (SSSR count). The van der Waals surface area contributed by atoms with Crippen LogP contribution in [0.5, 0.6) is 5.75 Å². The monoisotopic (exact) mass is 249 g/mol. The highest BCUT2D eigenvalue weighted by Crippen LogP contribution is 2.26. The zero-order chi connectivity index (χ0) is 13.5. The first-order chi connectivity index (χ1) is 8.34. The Labute approximate surface area is 105 Å². The number of ether oxygens (including phenoxy) is 1. The van der Waals surface area contributed by atoms with E-state index in [1.807, 2.05) is 20.8 Å². The fourth-order valence-electron chi connectivity index (χ4n) is 1.87. The second-order valence-corrected chi connectivity index (χ2v) is 5.30. The number of halogens is 1. The fraction of sp³-hybridized carbons (Fsp3) is 0.357. The van der Waals surface area contributed by atoms with E-state index in [4.69, 9.17) is 4.74 Å². The lowest BCUT2D eigenvalue weighted by Gasteiger charge is -2.19. The maximum absolute atomic E-state index is 13.8. The van der Waals surface area contributed by atoms with Crippen molar-refractivity contribution in [3.05, 3.63) is 39.9 Å². The minimum atomic E-state index is -0.450. The molecule has 1 aromatic carbocycles. The third-order valence-electron chi connectivity index (χ3n) is 2.93. The Hall–Kier alpha value is -1.84. The number of fused-ring (bicyclic) bond motifs is 1. The highest BCUT2D eigenvalue weighted by molar-refractivity contribution is 5.85. The van der Waals surface area contributed by atoms with Crippen molar-refractivity contribution in [1.82, 2.24) is 4.98 Å². The van der Waals surface area contributed by atoms with E-state index >= 15 is 0 Å². The summed E-state index contributed by atoms with van der Waals surface area (Å²) in [5.74, 6) is -0.0675. The molecule has 1 heterocycles. The lowest BCUT2D eigenvalue weighted by molar-refractivity contribution is 0.418. The van der Waals surface area contributed by atoms with Crippen LogP contribution in [0.15, 0.2) is 23.0 Å². The van der Waals surface area contributed by atoms with Gasteiger partial charge in [0.15, 0.2) is 5.43 Å². The van der Waals surface area contributed by atoms with Crippen molar-refractivity contribution >= 4 is 10.9 Å². The number of rotatable bonds is 1. The van der Waals surface area contributed by atoms with Gasteiger partial charge in [-0.3, -0.25) is 4.79 Å². The average Bonchev–Trinajstić information content (AvgIpc) is 2.29. The number of hydrogen-bond acceptors (Lipinski definition) is 2. The van der Waals surface area contributed by atoms with Crippen LogP contribution in [0.4, 0.5) is 4.39 Å². The van der Waals surface area contributed by atoms with E-state index in [1.165, 1.54) is 25.3 Å². The van der Waals surface area contributed by atoms with Crippen molar-refractivity contribution in [1.29, 1.82) is 0 Å². The largest absolute Gasteiger partial charge is 0.496 e. The zero-order valence-electron chi connectivity index (χ0n) is 10.9. The summed E-state index contributed by atoms with van der Waals surface area (Å²) < 4.78 is 18.9. The van der Waals surface area contributed by atoms with Crippen LogP contribution in [0.1, 0.15) is 26.5 Å². The van der Waals surface area contributed by atoms with Crippen molar-refractivity contribution < 1.29 is 9.13 Å². The van der Waals surface area contributed by atoms with Gasteiger partial charge in [-0.15, -0.1) is 0 Å². The normalized spacial score (nSPS) is 11.8. The SMILES string of the molecule is COc1ccc(F)c2[nH]c(C(C)(C)C)cc(=O)c12. The number of nitrogens with one attached hydrogen (secondary N) is 1. The molecule has 1 aromatic heterocycles. The summed E-state index contributed by atoms with van der Waals surface area (Å²) in [6.07, 6.45) is 0. The molecule has 96 valence electrons. The van der Waals surface area contributed by atoms with Crippen LogP contribution in [0.2, 0.25) is 0 Å². The van der Waals surface area contributed by atoms with Gasteiger partial charge in [0, 0.05) is 17.2 Å². The summed E-state index contributed by atoms with van der Waals surface area (Å²) in [5, 5.41) is 0.255. The van der Waals surface area contributed by atoms with Crippen molar-refractivity contribution in [2.45, 2.75) is 26.2 Å². The highest BCUT2D eigenvalue weighted by atomic mass is 19.1. The molecule has 0 aliphatic heterocycles. The van der Waals surface area contributed by atoms with Crippen LogP contribution >= 0.6 is 0 Å². The Morgan fingerprint density at radius 3 is 2.50 bits per heavy atom. The summed E-state index contributed by atoms with van der Waals surface area (Å²) in [7, 11) is 1.46. The summed E-state index contributed by atoms with van der Waals surface area (Å²) in [4.78, 5) is 15.1. The smallest absolute Gasteiger partial charge is 0.193 e. The molecule has 0 amide bonds. The molecule has 0 unspecified atom stereocenters. The maximum Gasteiger partial charge on any atom is 0.193 e. The molecule has 0 aliphatic carbocycles. The predicted octanol–water partition coefficient (Wildman–Crippen LogP) is 2.97. The Kier molecular flexibility index (Phi) is 2.89. The minimum absolute atomic E-state index is 0.201. The van der Waals surface area contributed by atoms with Gasteiger partial charge < -0.3 is 9.72 Å². The fourth-order valence-corrected chi connectivity index (χ4v) is 1.87. The number of H-pyrrole nitrogens is 1. The van der Waals surface area contributed by atoms with Crippen molar-refractivity contribution in [3.8, 4) is 5.75 Å². The summed E-state index contributed by atoms with van der Waals surface area (Å²) >= 11 is 0. The number of hydrogen-bond donors (Lipinski definition) is 1. The number of benzene rings is 1. The maximum atomic E-state index is 13.8. The number of aromatic nitrogens is 1. The quantitative estimate of drug-likeness (QED) is 0.844. The van der Waals surface area contributed by atoms with E-state index in [0.717, 1.165) is 0 Å². The molecule has 18 heavy (non-hydrogen) atoms. The summed E-state index contributed by atoms with van der Waals surface area (Å²) in [6, 6.07) is 4.26. The molecule has 1 N–H and O–H groups in total. The topological polar surface area (TPSA) is 42.1 Å². The molecule has 4 heteroatoms. The number of pyridine rings is 1. The van der Waals surface area contributed by atoms with Crippen LogP contribution in [-0.2, 0) is 5.41 Å². The lowest BCUT2D eigenvalue weighted by Crippen LogP contribution is -2.18. The summed E-state index contributed by atoms with van der Waals surface area (Å²) in [5.41, 5.74) is 0.423. The number of methoxy groups -OCH3 is 1. The van der Waals surface area contributed by atoms with Gasteiger partial charge in [0.25, 0.3) is 0 Å². The molecule has 0 spiro atoms. The van der Waals surface area contributed by atoms with Crippen LogP contribution in [-0.4, -0.2) is 12.1 Å². The zero-order valence-corrected chi connectivity index (χ0v) is 10.9.